The third kappa shape index (κ3) is 3.62. The van der Waals surface area contributed by atoms with Gasteiger partial charge in [0.15, 0.2) is 0 Å². The van der Waals surface area contributed by atoms with Crippen LogP contribution in [-0.2, 0) is 10.0 Å². The summed E-state index contributed by atoms with van der Waals surface area (Å²) in [7, 11) is -1.75. The van der Waals surface area contributed by atoms with E-state index in [1.54, 1.807) is 35.2 Å². The molecule has 134 valence electrons. The van der Waals surface area contributed by atoms with E-state index in [0.717, 1.165) is 22.4 Å². The van der Waals surface area contributed by atoms with Crippen LogP contribution in [0.3, 0.4) is 0 Å². The van der Waals surface area contributed by atoms with Gasteiger partial charge in [-0.15, -0.1) is 0 Å². The summed E-state index contributed by atoms with van der Waals surface area (Å²) in [6, 6.07) is 8.68. The molecule has 0 radical (unpaired) electrons. The number of nitrogens with one attached hydrogen (secondary N) is 1. The number of aromatic nitrogens is 1. The summed E-state index contributed by atoms with van der Waals surface area (Å²) in [4.78, 5) is 14.6. The molecule has 1 aliphatic heterocycles. The van der Waals surface area contributed by atoms with Gasteiger partial charge in [-0.25, -0.2) is 12.4 Å². The summed E-state index contributed by atoms with van der Waals surface area (Å²) in [5.41, 5.74) is 1.39. The smallest absolute Gasteiger partial charge is 0.267 e. The molecule has 0 aliphatic carbocycles. The Kier molecular flexibility index (Phi) is 4.96. The summed E-state index contributed by atoms with van der Waals surface area (Å²) in [5, 5.41) is 3.23. The average Bonchev–Trinajstić information content (AvgIpc) is 3.12. The summed E-state index contributed by atoms with van der Waals surface area (Å²) in [6.45, 7) is 3.26. The molecule has 1 aliphatic rings. The van der Waals surface area contributed by atoms with Crippen LogP contribution in [0.4, 0.5) is 0 Å². The number of benzene rings is 1. The Bertz CT molecular complexity index is 848. The lowest BCUT2D eigenvalue weighted by Crippen LogP contribution is -2.43. The molecule has 3 rings (SSSR count). The number of piperidine rings is 1. The summed E-state index contributed by atoms with van der Waals surface area (Å²) < 4.78 is 26.5. The second kappa shape index (κ2) is 7.01. The van der Waals surface area contributed by atoms with E-state index in [2.05, 4.69) is 5.32 Å². The van der Waals surface area contributed by atoms with Crippen LogP contribution in [0.25, 0.3) is 0 Å². The molecule has 1 N–H and O–H groups in total. The van der Waals surface area contributed by atoms with Crippen molar-refractivity contribution in [3.63, 3.8) is 0 Å². The molecule has 0 saturated carbocycles. The van der Waals surface area contributed by atoms with Crippen LogP contribution >= 0.6 is 0 Å². The Morgan fingerprint density at radius 3 is 2.36 bits per heavy atom. The Morgan fingerprint density at radius 2 is 1.76 bits per heavy atom. The fraction of sp³-hybridized carbons (Fsp3) is 0.389. The molecule has 0 bridgehead atoms. The first kappa shape index (κ1) is 17.7. The van der Waals surface area contributed by atoms with E-state index >= 15 is 0 Å². The molecule has 6 nitrogen and oxygen atoms in total. The molecule has 25 heavy (non-hydrogen) atoms. The highest BCUT2D eigenvalue weighted by molar-refractivity contribution is 7.90. The lowest BCUT2D eigenvalue weighted by atomic mass is 10.0. The van der Waals surface area contributed by atoms with Crippen LogP contribution in [0.15, 0.2) is 47.6 Å². The lowest BCUT2D eigenvalue weighted by molar-refractivity contribution is 0.0707. The van der Waals surface area contributed by atoms with E-state index in [4.69, 9.17) is 0 Å². The second-order valence-electron chi connectivity index (χ2n) is 6.40. The number of carbonyl (C=O) groups is 1. The van der Waals surface area contributed by atoms with Gasteiger partial charge in [-0.3, -0.25) is 4.79 Å². The number of rotatable bonds is 4. The molecule has 1 fully saturated rings. The van der Waals surface area contributed by atoms with E-state index in [0.29, 0.717) is 24.7 Å². The highest BCUT2D eigenvalue weighted by Gasteiger charge is 2.24. The molecule has 2 aromatic rings. The van der Waals surface area contributed by atoms with Crippen molar-refractivity contribution in [2.24, 2.45) is 0 Å². The van der Waals surface area contributed by atoms with Gasteiger partial charge in [0.1, 0.15) is 0 Å². The molecule has 1 aromatic carbocycles. The van der Waals surface area contributed by atoms with E-state index in [9.17, 15) is 13.2 Å². The minimum Gasteiger partial charge on any atom is -0.338 e. The van der Waals surface area contributed by atoms with Crippen LogP contribution in [-0.4, -0.2) is 49.4 Å². The molecule has 0 atom stereocenters. The number of carbonyl (C=O) groups excluding carboxylic acids is 1. The predicted octanol–water partition coefficient (Wildman–Crippen LogP) is 1.86. The molecular formula is C18H23N3O3S. The van der Waals surface area contributed by atoms with Crippen LogP contribution in [0.1, 0.15) is 28.8 Å². The number of aryl methyl sites for hydroxylation is 1. The largest absolute Gasteiger partial charge is 0.338 e. The Labute approximate surface area is 148 Å². The standard InChI is InChI=1S/C18H23N3O3S/c1-14-3-5-17(6-4-14)25(23,24)21-12-7-15(13-21)18(22)20-10-8-16(19-2)9-11-20/h3-7,12-13,16,19H,8-11H2,1-2H3. The number of nitrogens with zero attached hydrogens (tertiary/aromatic N) is 2. The zero-order valence-electron chi connectivity index (χ0n) is 14.5. The molecule has 0 spiro atoms. The van der Waals surface area contributed by atoms with Gasteiger partial charge in [0.2, 0.25) is 0 Å². The fourth-order valence-electron chi connectivity index (χ4n) is 3.04. The molecule has 0 unspecified atom stereocenters. The number of amides is 1. The van der Waals surface area contributed by atoms with E-state index < -0.39 is 10.0 Å². The van der Waals surface area contributed by atoms with Gasteiger partial charge >= 0.3 is 0 Å². The van der Waals surface area contributed by atoms with Gasteiger partial charge in [0.25, 0.3) is 15.9 Å². The van der Waals surface area contributed by atoms with Crippen molar-refractivity contribution in [2.45, 2.75) is 30.7 Å². The van der Waals surface area contributed by atoms with Gasteiger partial charge in [-0.2, -0.15) is 0 Å². The highest BCUT2D eigenvalue weighted by Crippen LogP contribution is 2.18. The topological polar surface area (TPSA) is 71.4 Å². The van der Waals surface area contributed by atoms with Gasteiger partial charge in [0, 0.05) is 31.5 Å². The zero-order valence-corrected chi connectivity index (χ0v) is 15.3. The molecule has 2 heterocycles. The summed E-state index contributed by atoms with van der Waals surface area (Å²) in [6.07, 6.45) is 4.65. The van der Waals surface area contributed by atoms with Crippen molar-refractivity contribution in [1.82, 2.24) is 14.2 Å². The number of hydrogen-bond acceptors (Lipinski definition) is 4. The quantitative estimate of drug-likeness (QED) is 0.902. The summed E-state index contributed by atoms with van der Waals surface area (Å²) >= 11 is 0. The third-order valence-corrected chi connectivity index (χ3v) is 6.35. The average molecular weight is 361 g/mol. The predicted molar refractivity (Wildman–Crippen MR) is 96.2 cm³/mol. The van der Waals surface area contributed by atoms with Crippen molar-refractivity contribution in [2.75, 3.05) is 20.1 Å². The second-order valence-corrected chi connectivity index (χ2v) is 8.25. The van der Waals surface area contributed by atoms with Crippen LogP contribution in [0.2, 0.25) is 0 Å². The molecule has 1 amide bonds. The maximum Gasteiger partial charge on any atom is 0.267 e. The van der Waals surface area contributed by atoms with E-state index in [-0.39, 0.29) is 10.8 Å². The monoisotopic (exact) mass is 361 g/mol. The minimum absolute atomic E-state index is 0.118. The van der Waals surface area contributed by atoms with Gasteiger partial charge in [-0.05, 0) is 45.0 Å². The fourth-order valence-corrected chi connectivity index (χ4v) is 4.24. The van der Waals surface area contributed by atoms with Crippen molar-refractivity contribution < 1.29 is 13.2 Å². The zero-order chi connectivity index (χ0) is 18.0. The third-order valence-electron chi connectivity index (χ3n) is 4.70. The normalized spacial score (nSPS) is 16.2. The number of hydrogen-bond donors (Lipinski definition) is 1. The Balaban J connectivity index is 1.78. The first-order valence-electron chi connectivity index (χ1n) is 8.38. The first-order valence-corrected chi connectivity index (χ1v) is 9.82. The minimum atomic E-state index is -3.68. The summed E-state index contributed by atoms with van der Waals surface area (Å²) in [5.74, 6) is -0.118. The molecule has 1 aromatic heterocycles. The van der Waals surface area contributed by atoms with Crippen molar-refractivity contribution >= 4 is 15.9 Å². The molecule has 7 heteroatoms. The maximum atomic E-state index is 12.7. The van der Waals surface area contributed by atoms with Crippen LogP contribution in [0.5, 0.6) is 0 Å². The highest BCUT2D eigenvalue weighted by atomic mass is 32.2. The Morgan fingerprint density at radius 1 is 1.12 bits per heavy atom. The SMILES string of the molecule is CNC1CCN(C(=O)c2ccn(S(=O)(=O)c3ccc(C)cc3)c2)CC1. The van der Waals surface area contributed by atoms with Gasteiger partial charge in [0.05, 0.1) is 10.5 Å². The first-order chi connectivity index (χ1) is 11.9. The van der Waals surface area contributed by atoms with E-state index in [1.807, 2.05) is 14.0 Å². The Hall–Kier alpha value is -2.12. The van der Waals surface area contributed by atoms with Gasteiger partial charge < -0.3 is 10.2 Å². The van der Waals surface area contributed by atoms with Crippen molar-refractivity contribution in [3.05, 3.63) is 53.9 Å². The maximum absolute atomic E-state index is 12.7. The van der Waals surface area contributed by atoms with Crippen molar-refractivity contribution in [3.8, 4) is 0 Å². The van der Waals surface area contributed by atoms with Crippen LogP contribution < -0.4 is 5.32 Å². The molecular weight excluding hydrogens is 338 g/mol. The van der Waals surface area contributed by atoms with Crippen molar-refractivity contribution in [1.29, 1.82) is 0 Å². The van der Waals surface area contributed by atoms with E-state index in [1.165, 1.54) is 12.4 Å². The lowest BCUT2D eigenvalue weighted by Gasteiger charge is -2.31. The number of likely N-dealkylation sites (tertiary alicyclic amines) is 1. The molecule has 1 saturated heterocycles. The van der Waals surface area contributed by atoms with Gasteiger partial charge in [-0.1, -0.05) is 17.7 Å². The van der Waals surface area contributed by atoms with Crippen LogP contribution in [0, 0.1) is 6.92 Å².